The van der Waals surface area contributed by atoms with Gasteiger partial charge in [0.05, 0.1) is 34.9 Å². The van der Waals surface area contributed by atoms with Gasteiger partial charge in [-0.1, -0.05) is 42.3 Å². The molecule has 1 N–H and O–H groups in total. The number of Topliss-reactive ketones (excluding diaryl/α,β-unsaturated/α-hetero) is 1. The lowest BCUT2D eigenvalue weighted by molar-refractivity contribution is -0.140. The van der Waals surface area contributed by atoms with Crippen LogP contribution in [-0.2, 0) is 14.3 Å². The zero-order valence-corrected chi connectivity index (χ0v) is 18.7. The number of methoxy groups -OCH3 is 1. The van der Waals surface area contributed by atoms with Crippen LogP contribution in [0.15, 0.2) is 48.0 Å². The van der Waals surface area contributed by atoms with E-state index in [2.05, 4.69) is 0 Å². The second-order valence-corrected chi connectivity index (χ2v) is 7.85. The van der Waals surface area contributed by atoms with Gasteiger partial charge in [-0.3, -0.25) is 9.59 Å². The van der Waals surface area contributed by atoms with E-state index in [1.54, 1.807) is 30.3 Å². The quantitative estimate of drug-likeness (QED) is 0.344. The van der Waals surface area contributed by atoms with E-state index in [1.165, 1.54) is 24.1 Å². The summed E-state index contributed by atoms with van der Waals surface area (Å²) in [6.07, 6.45) is 0.878. The lowest BCUT2D eigenvalue weighted by atomic mass is 9.95. The highest BCUT2D eigenvalue weighted by Gasteiger charge is 2.45. The Morgan fingerprint density at radius 1 is 1.06 bits per heavy atom. The molecule has 0 radical (unpaired) electrons. The summed E-state index contributed by atoms with van der Waals surface area (Å²) >= 11 is 12.0. The van der Waals surface area contributed by atoms with Crippen molar-refractivity contribution in [3.63, 3.8) is 0 Å². The Morgan fingerprint density at radius 2 is 1.77 bits per heavy atom. The highest BCUT2D eigenvalue weighted by Crippen LogP contribution is 2.40. The largest absolute Gasteiger partial charge is 0.507 e. The number of carbonyl (C=O) groups is 2. The molecule has 1 fully saturated rings. The van der Waals surface area contributed by atoms with Crippen molar-refractivity contribution in [2.24, 2.45) is 0 Å². The maximum atomic E-state index is 12.9. The van der Waals surface area contributed by atoms with Crippen molar-refractivity contribution in [3.05, 3.63) is 69.2 Å². The summed E-state index contributed by atoms with van der Waals surface area (Å²) in [6.45, 7) is 3.04. The first kappa shape index (κ1) is 23.1. The molecule has 1 saturated heterocycles. The molecule has 1 atom stereocenters. The first-order valence-corrected chi connectivity index (χ1v) is 10.6. The number of amides is 1. The molecule has 1 aliphatic rings. The average molecular weight is 464 g/mol. The molecule has 2 aromatic carbocycles. The zero-order chi connectivity index (χ0) is 22.5. The number of rotatable bonds is 8. The molecule has 1 unspecified atom stereocenters. The van der Waals surface area contributed by atoms with Crippen molar-refractivity contribution >= 4 is 40.7 Å². The molecular formula is C23H23Cl2NO5. The van der Waals surface area contributed by atoms with Gasteiger partial charge < -0.3 is 19.5 Å². The first-order valence-electron chi connectivity index (χ1n) is 9.84. The number of nitrogens with zero attached hydrogens (tertiary/aromatic N) is 1. The maximum absolute atomic E-state index is 12.9. The van der Waals surface area contributed by atoms with Crippen LogP contribution in [0.3, 0.4) is 0 Å². The maximum Gasteiger partial charge on any atom is 0.295 e. The van der Waals surface area contributed by atoms with Crippen LogP contribution in [0.5, 0.6) is 5.75 Å². The molecule has 164 valence electrons. The molecule has 0 aromatic heterocycles. The molecule has 1 heterocycles. The Kier molecular flexibility index (Phi) is 7.59. The van der Waals surface area contributed by atoms with Gasteiger partial charge in [0, 0.05) is 19.2 Å². The normalized spacial score (nSPS) is 17.9. The molecule has 31 heavy (non-hydrogen) atoms. The molecule has 1 amide bonds. The van der Waals surface area contributed by atoms with Gasteiger partial charge in [0.15, 0.2) is 0 Å². The lowest BCUT2D eigenvalue weighted by Crippen LogP contribution is -2.32. The second-order valence-electron chi connectivity index (χ2n) is 7.03. The van der Waals surface area contributed by atoms with E-state index in [-0.39, 0.29) is 29.5 Å². The molecule has 8 heteroatoms. The molecule has 1 aliphatic heterocycles. The van der Waals surface area contributed by atoms with Crippen LogP contribution in [-0.4, -0.2) is 48.6 Å². The van der Waals surface area contributed by atoms with Crippen LogP contribution < -0.4 is 4.74 Å². The Labute approximate surface area is 191 Å². The molecule has 0 bridgehead atoms. The summed E-state index contributed by atoms with van der Waals surface area (Å²) in [4.78, 5) is 27.1. The van der Waals surface area contributed by atoms with E-state index < -0.39 is 17.7 Å². The summed E-state index contributed by atoms with van der Waals surface area (Å²) in [5.74, 6) is -1.09. The van der Waals surface area contributed by atoms with Gasteiger partial charge in [0.2, 0.25) is 0 Å². The average Bonchev–Trinajstić information content (AvgIpc) is 3.02. The van der Waals surface area contributed by atoms with Crippen molar-refractivity contribution < 1.29 is 24.2 Å². The second kappa shape index (κ2) is 10.2. The summed E-state index contributed by atoms with van der Waals surface area (Å²) in [5.41, 5.74) is 0.953. The third-order valence-corrected chi connectivity index (χ3v) is 5.68. The van der Waals surface area contributed by atoms with E-state index in [0.29, 0.717) is 28.5 Å². The van der Waals surface area contributed by atoms with Crippen LogP contribution >= 0.6 is 23.2 Å². The van der Waals surface area contributed by atoms with Crippen molar-refractivity contribution in [2.75, 3.05) is 26.9 Å². The van der Waals surface area contributed by atoms with Crippen LogP contribution in [0.2, 0.25) is 10.0 Å². The van der Waals surface area contributed by atoms with Gasteiger partial charge >= 0.3 is 0 Å². The van der Waals surface area contributed by atoms with Gasteiger partial charge in [-0.05, 0) is 42.3 Å². The van der Waals surface area contributed by atoms with Gasteiger partial charge in [0.25, 0.3) is 11.7 Å². The summed E-state index contributed by atoms with van der Waals surface area (Å²) in [7, 11) is 1.52. The van der Waals surface area contributed by atoms with Crippen LogP contribution in [0.4, 0.5) is 0 Å². The van der Waals surface area contributed by atoms with E-state index in [9.17, 15) is 14.7 Å². The number of ether oxygens (including phenoxy) is 2. The molecule has 2 aromatic rings. The fourth-order valence-corrected chi connectivity index (χ4v) is 3.71. The van der Waals surface area contributed by atoms with Gasteiger partial charge in [-0.15, -0.1) is 0 Å². The van der Waals surface area contributed by atoms with Crippen molar-refractivity contribution in [2.45, 2.75) is 19.4 Å². The Morgan fingerprint density at radius 3 is 2.39 bits per heavy atom. The van der Waals surface area contributed by atoms with Crippen molar-refractivity contribution in [3.8, 4) is 5.75 Å². The number of halogens is 2. The van der Waals surface area contributed by atoms with Crippen LogP contribution in [0, 0.1) is 0 Å². The van der Waals surface area contributed by atoms with E-state index in [0.717, 1.165) is 6.42 Å². The Bertz CT molecular complexity index is 1000. The molecular weight excluding hydrogens is 441 g/mol. The fourth-order valence-electron chi connectivity index (χ4n) is 3.41. The lowest BCUT2D eigenvalue weighted by Gasteiger charge is -2.25. The number of aliphatic hydroxyl groups is 1. The number of likely N-dealkylation sites (tertiary alicyclic amines) is 1. The number of benzene rings is 2. The van der Waals surface area contributed by atoms with E-state index >= 15 is 0 Å². The fraction of sp³-hybridized carbons (Fsp3) is 0.304. The van der Waals surface area contributed by atoms with Crippen LogP contribution in [0.1, 0.15) is 30.5 Å². The first-order chi connectivity index (χ1) is 14.9. The highest BCUT2D eigenvalue weighted by atomic mass is 35.5. The predicted octanol–water partition coefficient (Wildman–Crippen LogP) is 4.85. The Hall–Kier alpha value is -2.54. The molecule has 3 rings (SSSR count). The van der Waals surface area contributed by atoms with Gasteiger partial charge in [-0.2, -0.15) is 0 Å². The van der Waals surface area contributed by atoms with Gasteiger partial charge in [-0.25, -0.2) is 0 Å². The molecule has 0 saturated carbocycles. The zero-order valence-electron chi connectivity index (χ0n) is 17.2. The number of hydrogen-bond donors (Lipinski definition) is 1. The number of hydrogen-bond acceptors (Lipinski definition) is 5. The third-order valence-electron chi connectivity index (χ3n) is 4.94. The molecule has 0 aliphatic carbocycles. The Balaban J connectivity index is 2.09. The monoisotopic (exact) mass is 463 g/mol. The molecule has 0 spiro atoms. The SMILES string of the molecule is CCCOc1ccc(C2/C(=C(/O)c3ccc(Cl)c(Cl)c3)C(=O)C(=O)N2CCOC)cc1. The highest BCUT2D eigenvalue weighted by molar-refractivity contribution is 6.46. The van der Waals surface area contributed by atoms with Gasteiger partial charge in [0.1, 0.15) is 11.5 Å². The third kappa shape index (κ3) is 4.87. The number of carbonyl (C=O) groups excluding carboxylic acids is 2. The minimum atomic E-state index is -0.773. The summed E-state index contributed by atoms with van der Waals surface area (Å²) in [6, 6.07) is 10.9. The van der Waals surface area contributed by atoms with Crippen molar-refractivity contribution in [1.29, 1.82) is 0 Å². The molecule has 6 nitrogen and oxygen atoms in total. The smallest absolute Gasteiger partial charge is 0.295 e. The van der Waals surface area contributed by atoms with E-state index in [4.69, 9.17) is 32.7 Å². The van der Waals surface area contributed by atoms with E-state index in [1.807, 2.05) is 6.92 Å². The van der Waals surface area contributed by atoms with Crippen LogP contribution in [0.25, 0.3) is 5.76 Å². The topological polar surface area (TPSA) is 76.1 Å². The summed E-state index contributed by atoms with van der Waals surface area (Å²) in [5, 5.41) is 11.5. The number of aliphatic hydroxyl groups excluding tert-OH is 1. The minimum absolute atomic E-state index is 0.0123. The standard InChI is InChI=1S/C23H23Cl2NO5/c1-3-11-31-16-7-4-14(5-8-16)20-19(22(28)23(29)26(20)10-12-30-2)21(27)15-6-9-17(24)18(25)13-15/h4-9,13,20,27H,3,10-12H2,1-2H3/b21-19-. The van der Waals surface area contributed by atoms with Crippen molar-refractivity contribution in [1.82, 2.24) is 4.90 Å². The predicted molar refractivity (Wildman–Crippen MR) is 120 cm³/mol. The summed E-state index contributed by atoms with van der Waals surface area (Å²) < 4.78 is 10.7. The minimum Gasteiger partial charge on any atom is -0.507 e. The number of ketones is 1.